The van der Waals surface area contributed by atoms with Crippen molar-refractivity contribution in [1.82, 2.24) is 5.32 Å². The first-order valence-corrected chi connectivity index (χ1v) is 10.4. The van der Waals surface area contributed by atoms with E-state index in [2.05, 4.69) is 48.9 Å². The van der Waals surface area contributed by atoms with Crippen LogP contribution in [0.4, 0.5) is 0 Å². The van der Waals surface area contributed by atoms with E-state index in [1.165, 1.54) is 41.8 Å². The number of hydrogen-bond acceptors (Lipinski definition) is 3. The molecule has 0 unspecified atom stereocenters. The maximum absolute atomic E-state index is 6.36. The molecule has 1 aliphatic carbocycles. The summed E-state index contributed by atoms with van der Waals surface area (Å²) in [5, 5.41) is 3.46. The molecule has 3 nitrogen and oxygen atoms in total. The van der Waals surface area contributed by atoms with Gasteiger partial charge in [-0.25, -0.2) is 4.99 Å². The minimum absolute atomic E-state index is 0.619. The molecule has 0 saturated heterocycles. The summed E-state index contributed by atoms with van der Waals surface area (Å²) in [6.07, 6.45) is 6.89. The molecule has 0 spiro atoms. The molecular formula is C21H31N3S. The highest BCUT2D eigenvalue weighted by Crippen LogP contribution is 2.30. The zero-order valence-corrected chi connectivity index (χ0v) is 16.4. The van der Waals surface area contributed by atoms with Crippen LogP contribution in [0, 0.1) is 0 Å². The van der Waals surface area contributed by atoms with Crippen molar-refractivity contribution in [2.45, 2.75) is 57.3 Å². The first kappa shape index (κ1) is 19.6. The highest BCUT2D eigenvalue weighted by Gasteiger charge is 2.16. The Morgan fingerprint density at radius 2 is 2.00 bits per heavy atom. The Balaban J connectivity index is 2.21. The molecule has 0 bridgehead atoms. The molecule has 3 N–H and O–H groups in total. The number of hydrogen-bond donors (Lipinski definition) is 2. The van der Waals surface area contributed by atoms with Crippen LogP contribution >= 0.6 is 11.8 Å². The molecular weight excluding hydrogens is 326 g/mol. The molecule has 1 aromatic carbocycles. The lowest BCUT2D eigenvalue weighted by Gasteiger charge is -2.21. The van der Waals surface area contributed by atoms with Crippen LogP contribution in [0.15, 0.2) is 52.0 Å². The molecule has 1 aliphatic rings. The van der Waals surface area contributed by atoms with Gasteiger partial charge in [-0.3, -0.25) is 0 Å². The standard InChI is InChI=1S/C21H31N3S/c1-4-6-15-25-20-14-10-8-11-17(20)16(3)24-21(22)18-12-7-9-13-19(18)23-5-2/h8,10-11,14,23H,3-7,9,12-13,15H2,1-2H3,(H2,22,24). The number of aliphatic imine (C=N–C) groups is 1. The predicted octanol–water partition coefficient (Wildman–Crippen LogP) is 5.34. The lowest BCUT2D eigenvalue weighted by Crippen LogP contribution is -2.25. The summed E-state index contributed by atoms with van der Waals surface area (Å²) in [5.41, 5.74) is 10.6. The van der Waals surface area contributed by atoms with Gasteiger partial charge in [-0.05, 0) is 50.8 Å². The van der Waals surface area contributed by atoms with Crippen LogP contribution < -0.4 is 11.1 Å². The summed E-state index contributed by atoms with van der Waals surface area (Å²) in [6.45, 7) is 9.46. The van der Waals surface area contributed by atoms with E-state index in [0.717, 1.165) is 36.4 Å². The Hall–Kier alpha value is -1.68. The molecule has 0 fully saturated rings. The smallest absolute Gasteiger partial charge is 0.128 e. The summed E-state index contributed by atoms with van der Waals surface area (Å²) >= 11 is 1.88. The number of unbranched alkanes of at least 4 members (excludes halogenated alkanes) is 1. The zero-order valence-electron chi connectivity index (χ0n) is 15.6. The van der Waals surface area contributed by atoms with Crippen molar-refractivity contribution in [1.29, 1.82) is 0 Å². The second-order valence-electron chi connectivity index (χ2n) is 6.34. The molecule has 136 valence electrons. The van der Waals surface area contributed by atoms with Crippen LogP contribution in [-0.4, -0.2) is 18.1 Å². The van der Waals surface area contributed by atoms with Crippen LogP contribution in [0.1, 0.15) is 57.9 Å². The van der Waals surface area contributed by atoms with Crippen LogP contribution in [0.25, 0.3) is 5.70 Å². The number of rotatable bonds is 9. The van der Waals surface area contributed by atoms with E-state index < -0.39 is 0 Å². The molecule has 0 heterocycles. The maximum Gasteiger partial charge on any atom is 0.128 e. The molecule has 1 aromatic rings. The predicted molar refractivity (Wildman–Crippen MR) is 112 cm³/mol. The Labute approximate surface area is 156 Å². The molecule has 0 saturated carbocycles. The van der Waals surface area contributed by atoms with E-state index in [9.17, 15) is 0 Å². The molecule has 2 rings (SSSR count). The third-order valence-corrected chi connectivity index (χ3v) is 5.54. The first-order valence-electron chi connectivity index (χ1n) is 9.38. The van der Waals surface area contributed by atoms with Crippen LogP contribution in [0.5, 0.6) is 0 Å². The van der Waals surface area contributed by atoms with Gasteiger partial charge in [0, 0.05) is 28.3 Å². The number of nitrogens with zero attached hydrogens (tertiary/aromatic N) is 1. The molecule has 0 amide bonds. The fourth-order valence-corrected chi connectivity index (χ4v) is 4.20. The average Bonchev–Trinajstić information content (AvgIpc) is 2.63. The van der Waals surface area contributed by atoms with Crippen molar-refractivity contribution in [2.24, 2.45) is 10.7 Å². The van der Waals surface area contributed by atoms with Crippen molar-refractivity contribution in [3.05, 3.63) is 47.7 Å². The van der Waals surface area contributed by atoms with Gasteiger partial charge in [0.1, 0.15) is 5.84 Å². The van der Waals surface area contributed by atoms with E-state index in [-0.39, 0.29) is 0 Å². The lowest BCUT2D eigenvalue weighted by molar-refractivity contribution is 0.636. The third kappa shape index (κ3) is 5.67. The Morgan fingerprint density at radius 3 is 2.76 bits per heavy atom. The summed E-state index contributed by atoms with van der Waals surface area (Å²) in [7, 11) is 0. The quantitative estimate of drug-likeness (QED) is 0.271. The first-order chi connectivity index (χ1) is 12.2. The summed E-state index contributed by atoms with van der Waals surface area (Å²) in [5.74, 6) is 1.74. The number of allylic oxidation sites excluding steroid dienone is 1. The van der Waals surface area contributed by atoms with Gasteiger partial charge in [-0.1, -0.05) is 38.1 Å². The fourth-order valence-electron chi connectivity index (χ4n) is 3.03. The van der Waals surface area contributed by atoms with Crippen LogP contribution in [0.3, 0.4) is 0 Å². The SMILES string of the molecule is C=C(N=C(N)C1=C(NCC)CCCC1)c1ccccc1SCCCC. The normalized spacial score (nSPS) is 15.4. The maximum atomic E-state index is 6.36. The third-order valence-electron chi connectivity index (χ3n) is 4.38. The largest absolute Gasteiger partial charge is 0.388 e. The second kappa shape index (κ2) is 10.3. The number of nitrogens with two attached hydrogens (primary N) is 1. The van der Waals surface area contributed by atoms with Gasteiger partial charge in [0.05, 0.1) is 5.70 Å². The number of thioether (sulfide) groups is 1. The number of benzene rings is 1. The molecule has 0 aromatic heterocycles. The van der Waals surface area contributed by atoms with Crippen molar-refractivity contribution in [3.8, 4) is 0 Å². The van der Waals surface area contributed by atoms with Crippen LogP contribution in [-0.2, 0) is 0 Å². The summed E-state index contributed by atoms with van der Waals surface area (Å²) < 4.78 is 0. The lowest BCUT2D eigenvalue weighted by atomic mass is 9.95. The van der Waals surface area contributed by atoms with Crippen molar-refractivity contribution >= 4 is 23.3 Å². The van der Waals surface area contributed by atoms with Gasteiger partial charge < -0.3 is 11.1 Å². The number of nitrogens with one attached hydrogen (secondary N) is 1. The minimum atomic E-state index is 0.619. The second-order valence-corrected chi connectivity index (χ2v) is 7.47. The molecule has 0 atom stereocenters. The van der Waals surface area contributed by atoms with E-state index in [0.29, 0.717) is 5.84 Å². The molecule has 25 heavy (non-hydrogen) atoms. The molecule has 0 radical (unpaired) electrons. The Bertz CT molecular complexity index is 646. The average molecular weight is 358 g/mol. The van der Waals surface area contributed by atoms with Gasteiger partial charge in [0.2, 0.25) is 0 Å². The Kier molecular flexibility index (Phi) is 8.13. The van der Waals surface area contributed by atoms with Crippen LogP contribution in [0.2, 0.25) is 0 Å². The monoisotopic (exact) mass is 357 g/mol. The van der Waals surface area contributed by atoms with Gasteiger partial charge in [-0.2, -0.15) is 0 Å². The molecule has 0 aliphatic heterocycles. The van der Waals surface area contributed by atoms with Crippen molar-refractivity contribution in [2.75, 3.05) is 12.3 Å². The fraction of sp³-hybridized carbons (Fsp3) is 0.476. The van der Waals surface area contributed by atoms with Crippen molar-refractivity contribution < 1.29 is 0 Å². The van der Waals surface area contributed by atoms with E-state index >= 15 is 0 Å². The van der Waals surface area contributed by atoms with Gasteiger partial charge >= 0.3 is 0 Å². The minimum Gasteiger partial charge on any atom is -0.388 e. The zero-order chi connectivity index (χ0) is 18.1. The highest BCUT2D eigenvalue weighted by molar-refractivity contribution is 7.99. The number of amidine groups is 1. The highest BCUT2D eigenvalue weighted by atomic mass is 32.2. The van der Waals surface area contributed by atoms with Crippen molar-refractivity contribution in [3.63, 3.8) is 0 Å². The summed E-state index contributed by atoms with van der Waals surface area (Å²) in [6, 6.07) is 8.36. The van der Waals surface area contributed by atoms with Gasteiger partial charge in [-0.15, -0.1) is 11.8 Å². The topological polar surface area (TPSA) is 50.4 Å². The summed E-state index contributed by atoms with van der Waals surface area (Å²) in [4.78, 5) is 5.92. The van der Waals surface area contributed by atoms with E-state index in [4.69, 9.17) is 5.73 Å². The van der Waals surface area contributed by atoms with Gasteiger partial charge in [0.25, 0.3) is 0 Å². The van der Waals surface area contributed by atoms with E-state index in [1.54, 1.807) is 0 Å². The Morgan fingerprint density at radius 1 is 1.24 bits per heavy atom. The van der Waals surface area contributed by atoms with E-state index in [1.807, 2.05) is 17.8 Å². The van der Waals surface area contributed by atoms with Gasteiger partial charge in [0.15, 0.2) is 0 Å². The molecule has 4 heteroatoms.